The number of aryl methyl sites for hydroxylation is 1. The van der Waals surface area contributed by atoms with Gasteiger partial charge in [0.2, 0.25) is 5.88 Å². The molecular weight excluding hydrogens is 442 g/mol. The van der Waals surface area contributed by atoms with Crippen molar-refractivity contribution in [3.8, 4) is 5.88 Å². The standard InChI is InChI=1S/C21H26F2N4O4S/c1-13-10-15(22)14(16(23)11-13)12-31-18-17(20(28)29)19(32-26-18)25-21(30)24-6-2-3-7-27-8-4-5-9-27/h10-11H,2-9,12H2,1H3,(H,28,29)(H2,24,25,30). The molecule has 2 aromatic rings. The van der Waals surface area contributed by atoms with Crippen LogP contribution in [0, 0.1) is 18.6 Å². The molecule has 1 fully saturated rings. The van der Waals surface area contributed by atoms with E-state index in [1.165, 1.54) is 12.8 Å². The highest BCUT2D eigenvalue weighted by atomic mass is 32.1. The zero-order chi connectivity index (χ0) is 23.1. The molecule has 1 aromatic heterocycles. The van der Waals surface area contributed by atoms with Gasteiger partial charge >= 0.3 is 12.0 Å². The highest BCUT2D eigenvalue weighted by molar-refractivity contribution is 7.11. The SMILES string of the molecule is Cc1cc(F)c(COc2nsc(NC(=O)NCCCCN3CCCC3)c2C(=O)O)c(F)c1. The molecule has 0 unspecified atom stereocenters. The Bertz CT molecular complexity index is 940. The number of nitrogens with zero attached hydrogens (tertiary/aromatic N) is 2. The van der Waals surface area contributed by atoms with Gasteiger partial charge in [0.15, 0.2) is 5.56 Å². The molecule has 174 valence electrons. The monoisotopic (exact) mass is 468 g/mol. The maximum absolute atomic E-state index is 14.0. The van der Waals surface area contributed by atoms with Gasteiger partial charge in [-0.15, -0.1) is 0 Å². The second-order valence-corrected chi connectivity index (χ2v) is 8.40. The summed E-state index contributed by atoms with van der Waals surface area (Å²) >= 11 is 0.717. The second-order valence-electron chi connectivity index (χ2n) is 7.63. The number of amides is 2. The molecule has 3 N–H and O–H groups in total. The first-order chi connectivity index (χ1) is 15.3. The molecule has 2 heterocycles. The zero-order valence-electron chi connectivity index (χ0n) is 17.7. The predicted octanol–water partition coefficient (Wildman–Crippen LogP) is 4.00. The van der Waals surface area contributed by atoms with E-state index in [1.807, 2.05) is 0 Å². The summed E-state index contributed by atoms with van der Waals surface area (Å²) in [5.74, 6) is -3.28. The zero-order valence-corrected chi connectivity index (χ0v) is 18.6. The number of aromatic nitrogens is 1. The van der Waals surface area contributed by atoms with E-state index in [1.54, 1.807) is 6.92 Å². The number of hydrogen-bond acceptors (Lipinski definition) is 6. The molecule has 0 bridgehead atoms. The molecule has 3 rings (SSSR count). The molecule has 2 amide bonds. The van der Waals surface area contributed by atoms with Gasteiger partial charge in [0.05, 0.1) is 5.56 Å². The first-order valence-electron chi connectivity index (χ1n) is 10.4. The van der Waals surface area contributed by atoms with Crippen LogP contribution in [0.25, 0.3) is 0 Å². The first-order valence-corrected chi connectivity index (χ1v) is 11.2. The average Bonchev–Trinajstić information content (AvgIpc) is 3.37. The number of nitrogens with one attached hydrogen (secondary N) is 2. The van der Waals surface area contributed by atoms with Crippen molar-refractivity contribution in [2.75, 3.05) is 31.5 Å². The molecule has 0 aliphatic carbocycles. The third-order valence-electron chi connectivity index (χ3n) is 5.13. The van der Waals surface area contributed by atoms with Gasteiger partial charge < -0.3 is 20.1 Å². The number of aromatic carboxylic acids is 1. The Hall–Kier alpha value is -2.79. The lowest BCUT2D eigenvalue weighted by atomic mass is 10.1. The number of anilines is 1. The highest BCUT2D eigenvalue weighted by Gasteiger charge is 2.24. The largest absolute Gasteiger partial charge is 0.477 e. The lowest BCUT2D eigenvalue weighted by molar-refractivity contribution is 0.0693. The Kier molecular flexibility index (Phi) is 8.34. The summed E-state index contributed by atoms with van der Waals surface area (Å²) in [4.78, 5) is 26.2. The fourth-order valence-corrected chi connectivity index (χ4v) is 4.19. The topological polar surface area (TPSA) is 104 Å². The quantitative estimate of drug-likeness (QED) is 0.456. The van der Waals surface area contributed by atoms with E-state index in [9.17, 15) is 23.5 Å². The van der Waals surface area contributed by atoms with E-state index >= 15 is 0 Å². The van der Waals surface area contributed by atoms with Crippen LogP contribution in [0.2, 0.25) is 0 Å². The lowest BCUT2D eigenvalue weighted by Crippen LogP contribution is -2.30. The normalized spacial score (nSPS) is 13.8. The van der Waals surface area contributed by atoms with Gasteiger partial charge in [0, 0.05) is 6.54 Å². The van der Waals surface area contributed by atoms with Gasteiger partial charge in [-0.3, -0.25) is 5.32 Å². The van der Waals surface area contributed by atoms with Crippen molar-refractivity contribution in [3.05, 3.63) is 40.5 Å². The Morgan fingerprint density at radius 1 is 1.22 bits per heavy atom. The number of benzene rings is 1. The molecule has 1 aliphatic rings. The molecular formula is C21H26F2N4O4S. The molecule has 1 aliphatic heterocycles. The summed E-state index contributed by atoms with van der Waals surface area (Å²) in [5.41, 5.74) is -0.287. The van der Waals surface area contributed by atoms with Gasteiger partial charge in [-0.05, 0) is 81.5 Å². The number of rotatable bonds is 10. The minimum absolute atomic E-state index is 0.0214. The van der Waals surface area contributed by atoms with Crippen LogP contribution < -0.4 is 15.4 Å². The fourth-order valence-electron chi connectivity index (χ4n) is 3.47. The minimum atomic E-state index is -1.38. The van der Waals surface area contributed by atoms with Crippen molar-refractivity contribution in [1.29, 1.82) is 0 Å². The number of urea groups is 1. The number of carboxylic acids is 1. The summed E-state index contributed by atoms with van der Waals surface area (Å²) < 4.78 is 37.1. The van der Waals surface area contributed by atoms with Crippen molar-refractivity contribution in [2.24, 2.45) is 0 Å². The number of hydrogen-bond donors (Lipinski definition) is 3. The van der Waals surface area contributed by atoms with E-state index in [-0.39, 0.29) is 22.0 Å². The summed E-state index contributed by atoms with van der Waals surface area (Å²) in [6.07, 6.45) is 4.25. The van der Waals surface area contributed by atoms with E-state index in [0.717, 1.165) is 56.1 Å². The molecule has 1 aromatic carbocycles. The average molecular weight is 469 g/mol. The summed E-state index contributed by atoms with van der Waals surface area (Å²) in [6, 6.07) is 1.76. The van der Waals surface area contributed by atoms with E-state index < -0.39 is 30.2 Å². The van der Waals surface area contributed by atoms with Gasteiger partial charge in [-0.1, -0.05) is 0 Å². The number of ether oxygens (including phenoxy) is 1. The Morgan fingerprint density at radius 2 is 1.91 bits per heavy atom. The molecule has 32 heavy (non-hydrogen) atoms. The van der Waals surface area contributed by atoms with Crippen LogP contribution in [0.15, 0.2) is 12.1 Å². The Morgan fingerprint density at radius 3 is 2.56 bits per heavy atom. The van der Waals surface area contributed by atoms with Gasteiger partial charge in [0.1, 0.15) is 23.2 Å². The van der Waals surface area contributed by atoms with Crippen molar-refractivity contribution in [1.82, 2.24) is 14.6 Å². The number of halogens is 2. The molecule has 0 saturated carbocycles. The summed E-state index contributed by atoms with van der Waals surface area (Å²) in [6.45, 7) is 4.73. The molecule has 8 nitrogen and oxygen atoms in total. The van der Waals surface area contributed by atoms with Gasteiger partial charge in [-0.25, -0.2) is 18.4 Å². The van der Waals surface area contributed by atoms with Crippen LogP contribution in [0.1, 0.15) is 47.2 Å². The molecule has 11 heteroatoms. The summed E-state index contributed by atoms with van der Waals surface area (Å²) in [5, 5.41) is 14.6. The maximum atomic E-state index is 14.0. The van der Waals surface area contributed by atoms with Crippen molar-refractivity contribution < 1.29 is 28.2 Å². The maximum Gasteiger partial charge on any atom is 0.344 e. The highest BCUT2D eigenvalue weighted by Crippen LogP contribution is 2.31. The van der Waals surface area contributed by atoms with E-state index in [0.29, 0.717) is 12.1 Å². The smallest absolute Gasteiger partial charge is 0.344 e. The number of carboxylic acid groups (broad SMARTS) is 1. The number of unbranched alkanes of at least 4 members (excludes halogenated alkanes) is 1. The minimum Gasteiger partial charge on any atom is -0.477 e. The summed E-state index contributed by atoms with van der Waals surface area (Å²) in [7, 11) is 0. The van der Waals surface area contributed by atoms with E-state index in [4.69, 9.17) is 4.74 Å². The fraction of sp³-hybridized carbons (Fsp3) is 0.476. The lowest BCUT2D eigenvalue weighted by Gasteiger charge is -2.14. The van der Waals surface area contributed by atoms with Crippen LogP contribution >= 0.6 is 11.5 Å². The number of likely N-dealkylation sites (tertiary alicyclic amines) is 1. The first kappa shape index (κ1) is 23.9. The van der Waals surface area contributed by atoms with Crippen LogP contribution in [-0.4, -0.2) is 52.6 Å². The molecule has 0 spiro atoms. The van der Waals surface area contributed by atoms with Crippen molar-refractivity contribution >= 4 is 28.5 Å². The predicted molar refractivity (Wildman–Crippen MR) is 116 cm³/mol. The van der Waals surface area contributed by atoms with Crippen molar-refractivity contribution in [2.45, 2.75) is 39.2 Å². The number of carbonyl (C=O) groups excluding carboxylic acids is 1. The molecule has 0 atom stereocenters. The Labute approximate surface area is 188 Å². The van der Waals surface area contributed by atoms with Crippen molar-refractivity contribution in [3.63, 3.8) is 0 Å². The van der Waals surface area contributed by atoms with E-state index in [2.05, 4.69) is 19.9 Å². The van der Waals surface area contributed by atoms with Crippen LogP contribution in [-0.2, 0) is 6.61 Å². The van der Waals surface area contributed by atoms with Crippen LogP contribution in [0.4, 0.5) is 18.6 Å². The van der Waals surface area contributed by atoms with Crippen LogP contribution in [0.3, 0.4) is 0 Å². The van der Waals surface area contributed by atoms with Gasteiger partial charge in [0.25, 0.3) is 0 Å². The van der Waals surface area contributed by atoms with Crippen LogP contribution in [0.5, 0.6) is 5.88 Å². The van der Waals surface area contributed by atoms with Gasteiger partial charge in [-0.2, -0.15) is 4.37 Å². The molecule has 0 radical (unpaired) electrons. The Balaban J connectivity index is 1.52. The third-order valence-corrected chi connectivity index (χ3v) is 5.87. The third kappa shape index (κ3) is 6.36. The second kappa shape index (κ2) is 11.2. The number of carbonyl (C=O) groups is 2. The molecule has 1 saturated heterocycles.